The van der Waals surface area contributed by atoms with Crippen molar-refractivity contribution in [3.63, 3.8) is 0 Å². The molecule has 0 aliphatic carbocycles. The second kappa shape index (κ2) is 12.6. The molecule has 0 bridgehead atoms. The minimum absolute atomic E-state index is 0. The Balaban J connectivity index is 0.00000364. The first kappa shape index (κ1) is 23.2. The van der Waals surface area contributed by atoms with Crippen LogP contribution in [-0.4, -0.2) is 42.6 Å². The molecular weight excluding hydrogens is 457 g/mol. The van der Waals surface area contributed by atoms with E-state index >= 15 is 0 Å². The lowest BCUT2D eigenvalue weighted by molar-refractivity contribution is 0.110. The van der Waals surface area contributed by atoms with E-state index in [4.69, 9.17) is 9.47 Å². The summed E-state index contributed by atoms with van der Waals surface area (Å²) in [5.41, 5.74) is 3.35. The molecule has 150 valence electrons. The Morgan fingerprint density at radius 2 is 2.00 bits per heavy atom. The van der Waals surface area contributed by atoms with Crippen LogP contribution in [-0.2, 0) is 24.9 Å². The van der Waals surface area contributed by atoms with E-state index in [1.807, 2.05) is 26.4 Å². The van der Waals surface area contributed by atoms with E-state index in [0.717, 1.165) is 22.8 Å². The highest BCUT2D eigenvalue weighted by molar-refractivity contribution is 14.0. The molecule has 1 aromatic carbocycles. The summed E-state index contributed by atoms with van der Waals surface area (Å²) in [4.78, 5) is 4.27. The van der Waals surface area contributed by atoms with Gasteiger partial charge in [0.05, 0.1) is 12.8 Å². The number of nitrogens with one attached hydrogen (secondary N) is 2. The van der Waals surface area contributed by atoms with Gasteiger partial charge in [0.1, 0.15) is 12.4 Å². The third-order valence-electron chi connectivity index (χ3n) is 3.80. The van der Waals surface area contributed by atoms with Gasteiger partial charge in [-0.3, -0.25) is 9.67 Å². The largest absolute Gasteiger partial charge is 0.491 e. The van der Waals surface area contributed by atoms with E-state index in [9.17, 15) is 0 Å². The van der Waals surface area contributed by atoms with Crippen molar-refractivity contribution in [1.29, 1.82) is 0 Å². The van der Waals surface area contributed by atoms with E-state index in [1.165, 1.54) is 5.56 Å². The molecule has 8 heteroatoms. The van der Waals surface area contributed by atoms with E-state index < -0.39 is 0 Å². The van der Waals surface area contributed by atoms with Gasteiger partial charge >= 0.3 is 0 Å². The number of halogens is 1. The molecule has 0 aliphatic heterocycles. The summed E-state index contributed by atoms with van der Waals surface area (Å²) in [6, 6.07) is 6.21. The minimum atomic E-state index is 0. The average molecular weight is 487 g/mol. The fourth-order valence-electron chi connectivity index (χ4n) is 2.45. The molecule has 0 radical (unpaired) electrons. The Kier molecular flexibility index (Phi) is 10.8. The highest BCUT2D eigenvalue weighted by atomic mass is 127. The smallest absolute Gasteiger partial charge is 0.191 e. The zero-order valence-electron chi connectivity index (χ0n) is 16.5. The molecule has 0 spiro atoms. The predicted molar refractivity (Wildman–Crippen MR) is 119 cm³/mol. The molecule has 2 rings (SSSR count). The molecule has 0 saturated carbocycles. The normalized spacial score (nSPS) is 11.0. The first-order valence-electron chi connectivity index (χ1n) is 8.84. The fraction of sp³-hybridized carbons (Fsp3) is 0.474. The van der Waals surface area contributed by atoms with E-state index in [0.29, 0.717) is 32.9 Å². The summed E-state index contributed by atoms with van der Waals surface area (Å²) in [6.07, 6.45) is 3.81. The number of aromatic nitrogens is 2. The number of rotatable bonds is 9. The zero-order chi connectivity index (χ0) is 18.8. The van der Waals surface area contributed by atoms with Crippen molar-refractivity contribution in [2.45, 2.75) is 26.9 Å². The zero-order valence-corrected chi connectivity index (χ0v) is 18.8. The van der Waals surface area contributed by atoms with Gasteiger partial charge in [-0.25, -0.2) is 0 Å². The highest BCUT2D eigenvalue weighted by Gasteiger charge is 2.06. The Morgan fingerprint density at radius 1 is 1.22 bits per heavy atom. The van der Waals surface area contributed by atoms with Crippen LogP contribution in [0.5, 0.6) is 5.75 Å². The molecule has 0 unspecified atom stereocenters. The van der Waals surface area contributed by atoms with Gasteiger partial charge < -0.3 is 20.1 Å². The van der Waals surface area contributed by atoms with Gasteiger partial charge in [-0.05, 0) is 25.5 Å². The fourth-order valence-corrected chi connectivity index (χ4v) is 2.45. The van der Waals surface area contributed by atoms with Crippen LogP contribution in [0.1, 0.15) is 23.6 Å². The lowest BCUT2D eigenvalue weighted by atomic mass is 10.1. The molecule has 7 nitrogen and oxygen atoms in total. The number of hydrogen-bond donors (Lipinski definition) is 2. The Morgan fingerprint density at radius 3 is 2.67 bits per heavy atom. The van der Waals surface area contributed by atoms with Crippen molar-refractivity contribution in [1.82, 2.24) is 20.4 Å². The van der Waals surface area contributed by atoms with Crippen LogP contribution in [0, 0.1) is 6.92 Å². The number of guanidine groups is 1. The summed E-state index contributed by atoms with van der Waals surface area (Å²) in [7, 11) is 3.66. The standard InChI is InChI=1S/C19H29N5O2.HI/c1-5-25-8-9-26-18-10-15(2)6-7-17(18)13-22-19(20-3)21-11-16-12-23-24(4)14-16;/h6-7,10,12,14H,5,8-9,11,13H2,1-4H3,(H2,20,21,22);1H. The lowest BCUT2D eigenvalue weighted by Gasteiger charge is -2.15. The predicted octanol–water partition coefficient (Wildman–Crippen LogP) is 2.63. The van der Waals surface area contributed by atoms with Crippen molar-refractivity contribution in [3.8, 4) is 5.75 Å². The van der Waals surface area contributed by atoms with Gasteiger partial charge in [0.25, 0.3) is 0 Å². The maximum Gasteiger partial charge on any atom is 0.191 e. The number of aryl methyl sites for hydroxylation is 2. The van der Waals surface area contributed by atoms with Crippen molar-refractivity contribution in [2.24, 2.45) is 12.0 Å². The number of nitrogens with zero attached hydrogens (tertiary/aromatic N) is 3. The van der Waals surface area contributed by atoms with Crippen LogP contribution in [0.3, 0.4) is 0 Å². The number of aliphatic imine (C=N–C) groups is 1. The second-order valence-electron chi connectivity index (χ2n) is 5.96. The van der Waals surface area contributed by atoms with E-state index in [-0.39, 0.29) is 24.0 Å². The summed E-state index contributed by atoms with van der Waals surface area (Å²) < 4.78 is 13.0. The minimum Gasteiger partial charge on any atom is -0.491 e. The molecule has 0 saturated heterocycles. The third kappa shape index (κ3) is 8.17. The maximum atomic E-state index is 5.88. The number of benzene rings is 1. The van der Waals surface area contributed by atoms with Crippen molar-refractivity contribution in [2.75, 3.05) is 26.9 Å². The molecular formula is C19H30IN5O2. The molecule has 2 N–H and O–H groups in total. The van der Waals surface area contributed by atoms with Crippen molar-refractivity contribution < 1.29 is 9.47 Å². The van der Waals surface area contributed by atoms with Crippen LogP contribution in [0.15, 0.2) is 35.6 Å². The van der Waals surface area contributed by atoms with Gasteiger partial charge in [0.2, 0.25) is 0 Å². The molecule has 2 aromatic rings. The van der Waals surface area contributed by atoms with E-state index in [1.54, 1.807) is 11.7 Å². The molecule has 0 fully saturated rings. The summed E-state index contributed by atoms with van der Waals surface area (Å²) in [5, 5.41) is 10.8. The first-order valence-corrected chi connectivity index (χ1v) is 8.84. The van der Waals surface area contributed by atoms with Gasteiger partial charge in [0, 0.05) is 51.1 Å². The quantitative estimate of drug-likeness (QED) is 0.246. The second-order valence-corrected chi connectivity index (χ2v) is 5.96. The van der Waals surface area contributed by atoms with E-state index in [2.05, 4.69) is 45.8 Å². The Bertz CT molecular complexity index is 718. The van der Waals surface area contributed by atoms with Crippen LogP contribution in [0.4, 0.5) is 0 Å². The molecule has 0 amide bonds. The lowest BCUT2D eigenvalue weighted by Crippen LogP contribution is -2.36. The van der Waals surface area contributed by atoms with Gasteiger partial charge in [-0.2, -0.15) is 5.10 Å². The molecule has 1 aromatic heterocycles. The molecule has 1 heterocycles. The van der Waals surface area contributed by atoms with Crippen LogP contribution >= 0.6 is 24.0 Å². The van der Waals surface area contributed by atoms with Crippen molar-refractivity contribution in [3.05, 3.63) is 47.3 Å². The topological polar surface area (TPSA) is 72.7 Å². The van der Waals surface area contributed by atoms with Crippen molar-refractivity contribution >= 4 is 29.9 Å². The number of hydrogen-bond acceptors (Lipinski definition) is 4. The summed E-state index contributed by atoms with van der Waals surface area (Å²) >= 11 is 0. The number of ether oxygens (including phenoxy) is 2. The monoisotopic (exact) mass is 487 g/mol. The Hall–Kier alpha value is -1.81. The summed E-state index contributed by atoms with van der Waals surface area (Å²) in [5.74, 6) is 1.61. The van der Waals surface area contributed by atoms with Gasteiger partial charge in [-0.15, -0.1) is 24.0 Å². The first-order chi connectivity index (χ1) is 12.6. The SMILES string of the molecule is CCOCCOc1cc(C)ccc1CNC(=NC)NCc1cnn(C)c1.I. The molecule has 27 heavy (non-hydrogen) atoms. The van der Waals surface area contributed by atoms with Crippen LogP contribution in [0.2, 0.25) is 0 Å². The Labute approximate surface area is 178 Å². The highest BCUT2D eigenvalue weighted by Crippen LogP contribution is 2.20. The summed E-state index contributed by atoms with van der Waals surface area (Å²) in [6.45, 7) is 7.15. The maximum absolute atomic E-state index is 5.88. The van der Waals surface area contributed by atoms with Crippen LogP contribution < -0.4 is 15.4 Å². The van der Waals surface area contributed by atoms with Gasteiger partial charge in [0.15, 0.2) is 5.96 Å². The van der Waals surface area contributed by atoms with Crippen LogP contribution in [0.25, 0.3) is 0 Å². The van der Waals surface area contributed by atoms with Gasteiger partial charge in [-0.1, -0.05) is 12.1 Å². The third-order valence-corrected chi connectivity index (χ3v) is 3.80. The molecule has 0 aliphatic rings. The molecule has 0 atom stereocenters. The average Bonchev–Trinajstić information content (AvgIpc) is 3.05.